The predicted molar refractivity (Wildman–Crippen MR) is 70.6 cm³/mol. The Morgan fingerprint density at radius 2 is 0.419 bits per heavy atom. The standard InChI is InChI=1S/4C4H7O3.3Ti/c4*1-2-3-4(5,6)7;;;/h4*2-3H2,1H3;;;/q4*-3;3*+4. The van der Waals surface area contributed by atoms with Crippen molar-refractivity contribution in [2.24, 2.45) is 0 Å². The maximum absolute atomic E-state index is 9.59. The zero-order chi connectivity index (χ0) is 23.7. The summed E-state index contributed by atoms with van der Waals surface area (Å²) in [7, 11) is 0. The van der Waals surface area contributed by atoms with Crippen LogP contribution in [0.1, 0.15) is 79.1 Å². The summed E-state index contributed by atoms with van der Waals surface area (Å²) in [6, 6.07) is 0. The molecule has 0 N–H and O–H groups in total. The van der Waals surface area contributed by atoms with Gasteiger partial charge in [0.2, 0.25) is 0 Å². The van der Waals surface area contributed by atoms with Crippen LogP contribution >= 0.6 is 0 Å². The third-order valence-corrected chi connectivity index (χ3v) is 2.22. The molecule has 0 aliphatic carbocycles. The molecule has 0 atom stereocenters. The van der Waals surface area contributed by atoms with Gasteiger partial charge in [0.1, 0.15) is 0 Å². The molecule has 12 nitrogen and oxygen atoms in total. The van der Waals surface area contributed by atoms with Crippen molar-refractivity contribution < 1.29 is 126 Å². The molecule has 0 fully saturated rings. The molecule has 0 unspecified atom stereocenters. The van der Waals surface area contributed by atoms with Crippen molar-refractivity contribution in [1.82, 2.24) is 0 Å². The molecule has 15 heteroatoms. The van der Waals surface area contributed by atoms with Gasteiger partial charge in [0.25, 0.3) is 0 Å². The smallest absolute Gasteiger partial charge is 0.876 e. The first-order chi connectivity index (χ1) is 12.2. The molecular formula is C16H28O12Ti3. The fourth-order valence-corrected chi connectivity index (χ4v) is 1.22. The predicted octanol–water partition coefficient (Wildman–Crippen LogP) is -9.92. The molecule has 0 saturated carbocycles. The van der Waals surface area contributed by atoms with Crippen molar-refractivity contribution in [3.63, 3.8) is 0 Å². The fourth-order valence-electron chi connectivity index (χ4n) is 1.22. The monoisotopic (exact) mass is 556 g/mol. The molecule has 0 spiro atoms. The number of hydrogen-bond acceptors (Lipinski definition) is 12. The van der Waals surface area contributed by atoms with Crippen molar-refractivity contribution in [3.8, 4) is 0 Å². The summed E-state index contributed by atoms with van der Waals surface area (Å²) in [6.07, 6.45) is 0.181. The van der Waals surface area contributed by atoms with E-state index in [0.29, 0.717) is 25.7 Å². The first kappa shape index (κ1) is 49.7. The second-order valence-electron chi connectivity index (χ2n) is 5.73. The Balaban J connectivity index is -0.0000000480. The maximum atomic E-state index is 9.59. The molecule has 0 heterocycles. The van der Waals surface area contributed by atoms with Crippen molar-refractivity contribution >= 4 is 0 Å². The van der Waals surface area contributed by atoms with Gasteiger partial charge in [0.15, 0.2) is 0 Å². The fraction of sp³-hybridized carbons (Fsp3) is 1.00. The van der Waals surface area contributed by atoms with Crippen molar-refractivity contribution in [2.45, 2.75) is 103 Å². The van der Waals surface area contributed by atoms with Crippen LogP contribution in [0.25, 0.3) is 0 Å². The van der Waals surface area contributed by atoms with E-state index < -0.39 is 23.9 Å². The summed E-state index contributed by atoms with van der Waals surface area (Å²) < 4.78 is 0. The first-order valence-corrected chi connectivity index (χ1v) is 8.69. The molecule has 31 heavy (non-hydrogen) atoms. The molecule has 0 radical (unpaired) electrons. The largest absolute Gasteiger partial charge is 4.00 e. The molecule has 0 saturated heterocycles. The van der Waals surface area contributed by atoms with E-state index in [1.165, 1.54) is 0 Å². The molecule has 0 amide bonds. The quantitative estimate of drug-likeness (QED) is 0.199. The number of rotatable bonds is 8. The van der Waals surface area contributed by atoms with Gasteiger partial charge in [0.05, 0.1) is 0 Å². The van der Waals surface area contributed by atoms with Crippen molar-refractivity contribution in [3.05, 3.63) is 0 Å². The zero-order valence-electron chi connectivity index (χ0n) is 18.1. The van der Waals surface area contributed by atoms with E-state index >= 15 is 0 Å². The Kier molecular flexibility index (Phi) is 42.1. The van der Waals surface area contributed by atoms with E-state index in [0.717, 1.165) is 0 Å². The summed E-state index contributed by atoms with van der Waals surface area (Å²) in [5.41, 5.74) is 0. The molecule has 176 valence electrons. The second kappa shape index (κ2) is 26.3. The molecule has 0 aromatic heterocycles. The van der Waals surface area contributed by atoms with Gasteiger partial charge in [-0.2, -0.15) is 0 Å². The van der Waals surface area contributed by atoms with E-state index in [9.17, 15) is 61.3 Å². The average Bonchev–Trinajstić information content (AvgIpc) is 2.34. The minimum atomic E-state index is -3.20. The molecule has 0 rings (SSSR count). The van der Waals surface area contributed by atoms with Crippen LogP contribution in [0.4, 0.5) is 0 Å². The Morgan fingerprint density at radius 1 is 0.323 bits per heavy atom. The first-order valence-electron chi connectivity index (χ1n) is 8.69. The van der Waals surface area contributed by atoms with Crippen LogP contribution in [-0.4, -0.2) is 23.9 Å². The molecule has 0 aliphatic heterocycles. The van der Waals surface area contributed by atoms with Gasteiger partial charge in [0, 0.05) is 0 Å². The van der Waals surface area contributed by atoms with Crippen molar-refractivity contribution in [2.75, 3.05) is 0 Å². The van der Waals surface area contributed by atoms with Crippen LogP contribution in [-0.2, 0) is 65.2 Å². The second-order valence-corrected chi connectivity index (χ2v) is 5.73. The molecule has 0 bridgehead atoms. The van der Waals surface area contributed by atoms with Crippen LogP contribution in [0.3, 0.4) is 0 Å². The van der Waals surface area contributed by atoms with Crippen LogP contribution in [0, 0.1) is 0 Å². The number of hydrogen-bond donors (Lipinski definition) is 0. The summed E-state index contributed by atoms with van der Waals surface area (Å²) in [5, 5.41) is 115. The third-order valence-electron chi connectivity index (χ3n) is 2.22. The van der Waals surface area contributed by atoms with E-state index in [1.807, 2.05) is 0 Å². The normalized spacial score (nSPS) is 10.8. The van der Waals surface area contributed by atoms with E-state index in [2.05, 4.69) is 0 Å². The van der Waals surface area contributed by atoms with Gasteiger partial charge in [-0.1, -0.05) is 79.1 Å². The Labute approximate surface area is 228 Å². The van der Waals surface area contributed by atoms with Crippen LogP contribution in [0.15, 0.2) is 0 Å². The summed E-state index contributed by atoms with van der Waals surface area (Å²) >= 11 is 0. The topological polar surface area (TPSA) is 277 Å². The molecule has 0 aromatic rings. The summed E-state index contributed by atoms with van der Waals surface area (Å²) in [4.78, 5) is 0. The average molecular weight is 556 g/mol. The Bertz CT molecular complexity index is 260. The van der Waals surface area contributed by atoms with E-state index in [1.54, 1.807) is 27.7 Å². The van der Waals surface area contributed by atoms with Crippen LogP contribution < -0.4 is 61.3 Å². The molecule has 0 aromatic carbocycles. The zero-order valence-corrected chi connectivity index (χ0v) is 22.7. The summed E-state index contributed by atoms with van der Waals surface area (Å²) in [6.45, 7) is 6.51. The van der Waals surface area contributed by atoms with Crippen molar-refractivity contribution in [1.29, 1.82) is 0 Å². The van der Waals surface area contributed by atoms with Gasteiger partial charge < -0.3 is 85.2 Å². The molecule has 0 aliphatic rings. The van der Waals surface area contributed by atoms with Gasteiger partial charge >= 0.3 is 65.2 Å². The summed E-state index contributed by atoms with van der Waals surface area (Å²) in [5.74, 6) is -12.8. The van der Waals surface area contributed by atoms with E-state index in [-0.39, 0.29) is 90.8 Å². The van der Waals surface area contributed by atoms with Crippen LogP contribution in [0.5, 0.6) is 0 Å². The Morgan fingerprint density at radius 3 is 0.419 bits per heavy atom. The van der Waals surface area contributed by atoms with Gasteiger partial charge in [-0.3, -0.25) is 0 Å². The van der Waals surface area contributed by atoms with Gasteiger partial charge in [-0.15, -0.1) is 0 Å². The maximum Gasteiger partial charge on any atom is 4.00 e. The van der Waals surface area contributed by atoms with E-state index in [4.69, 9.17) is 0 Å². The SMILES string of the molecule is CCCC([O-])([O-])[O-].CCCC([O-])([O-])[O-].CCCC([O-])([O-])[O-].CCCC([O-])([O-])[O-].[Ti+4].[Ti+4].[Ti+4]. The van der Waals surface area contributed by atoms with Gasteiger partial charge in [-0.05, 0) is 0 Å². The minimum Gasteiger partial charge on any atom is -0.876 e. The third kappa shape index (κ3) is 89.3. The van der Waals surface area contributed by atoms with Crippen LogP contribution in [0.2, 0.25) is 0 Å². The Hall–Kier alpha value is 1.66. The minimum absolute atomic E-state index is 0. The molecular weight excluding hydrogens is 528 g/mol. The van der Waals surface area contributed by atoms with Gasteiger partial charge in [-0.25, -0.2) is 0 Å².